The number of hydrogen-bond donors (Lipinski definition) is 1. The lowest BCUT2D eigenvalue weighted by Gasteiger charge is -2.05. The first-order chi connectivity index (χ1) is 8.69. The maximum absolute atomic E-state index is 12.4. The second kappa shape index (κ2) is 4.03. The molecule has 4 heteroatoms. The van der Waals surface area contributed by atoms with Crippen molar-refractivity contribution in [1.82, 2.24) is 4.98 Å². The van der Waals surface area contributed by atoms with E-state index in [-0.39, 0.29) is 5.43 Å². The second-order valence-electron chi connectivity index (χ2n) is 4.06. The SMILES string of the molecule is COc1ccc2[nH]c3ccc(Cl)cc3c(=O)c2c1. The van der Waals surface area contributed by atoms with Gasteiger partial charge in [-0.1, -0.05) is 11.6 Å². The third kappa shape index (κ3) is 1.64. The first kappa shape index (κ1) is 11.1. The van der Waals surface area contributed by atoms with Gasteiger partial charge in [-0.05, 0) is 36.4 Å². The predicted octanol–water partition coefficient (Wildman–Crippen LogP) is 3.34. The molecule has 1 N–H and O–H groups in total. The molecule has 0 aliphatic heterocycles. The van der Waals surface area contributed by atoms with E-state index >= 15 is 0 Å². The Bertz CT molecular complexity index is 808. The highest BCUT2D eigenvalue weighted by Gasteiger charge is 2.06. The lowest BCUT2D eigenvalue weighted by atomic mass is 10.1. The van der Waals surface area contributed by atoms with E-state index in [9.17, 15) is 4.79 Å². The fraction of sp³-hybridized carbons (Fsp3) is 0.0714. The molecule has 3 nitrogen and oxygen atoms in total. The molecular weight excluding hydrogens is 250 g/mol. The lowest BCUT2D eigenvalue weighted by molar-refractivity contribution is 0.415. The van der Waals surface area contributed by atoms with Crippen LogP contribution in [0.5, 0.6) is 5.75 Å². The maximum atomic E-state index is 12.4. The van der Waals surface area contributed by atoms with Crippen molar-refractivity contribution in [2.24, 2.45) is 0 Å². The molecule has 3 aromatic rings. The second-order valence-corrected chi connectivity index (χ2v) is 4.49. The quantitative estimate of drug-likeness (QED) is 0.681. The number of aromatic amines is 1. The largest absolute Gasteiger partial charge is 0.497 e. The Labute approximate surface area is 108 Å². The first-order valence-electron chi connectivity index (χ1n) is 5.48. The zero-order valence-electron chi connectivity index (χ0n) is 9.66. The van der Waals surface area contributed by atoms with Crippen molar-refractivity contribution in [3.05, 3.63) is 51.6 Å². The Balaban J connectivity index is 2.49. The molecule has 18 heavy (non-hydrogen) atoms. The number of hydrogen-bond acceptors (Lipinski definition) is 2. The molecule has 0 saturated heterocycles. The van der Waals surface area contributed by atoms with Crippen molar-refractivity contribution in [3.8, 4) is 5.75 Å². The number of pyridine rings is 1. The standard InChI is InChI=1S/C14H10ClNO2/c1-18-9-3-5-13-11(7-9)14(17)10-6-8(15)2-4-12(10)16-13/h2-7H,1H3,(H,16,17). The first-order valence-corrected chi connectivity index (χ1v) is 5.86. The Morgan fingerprint density at radius 1 is 1.06 bits per heavy atom. The Morgan fingerprint density at radius 3 is 2.44 bits per heavy atom. The molecule has 0 amide bonds. The third-order valence-corrected chi connectivity index (χ3v) is 3.20. The minimum atomic E-state index is -0.0415. The van der Waals surface area contributed by atoms with Gasteiger partial charge >= 0.3 is 0 Å². The van der Waals surface area contributed by atoms with E-state index < -0.39 is 0 Å². The van der Waals surface area contributed by atoms with Crippen LogP contribution in [0.2, 0.25) is 5.02 Å². The van der Waals surface area contributed by atoms with Crippen LogP contribution in [0.1, 0.15) is 0 Å². The molecule has 1 aromatic heterocycles. The Hall–Kier alpha value is -2.00. The van der Waals surface area contributed by atoms with Crippen LogP contribution in [0.3, 0.4) is 0 Å². The highest BCUT2D eigenvalue weighted by molar-refractivity contribution is 6.31. The fourth-order valence-electron chi connectivity index (χ4n) is 2.05. The molecule has 0 spiro atoms. The molecule has 0 unspecified atom stereocenters. The average Bonchev–Trinajstić information content (AvgIpc) is 2.40. The van der Waals surface area contributed by atoms with Crippen LogP contribution in [0.4, 0.5) is 0 Å². The van der Waals surface area contributed by atoms with Gasteiger partial charge in [0.05, 0.1) is 12.6 Å². The average molecular weight is 260 g/mol. The summed E-state index contributed by atoms with van der Waals surface area (Å²) in [6, 6.07) is 10.6. The van der Waals surface area contributed by atoms with Gasteiger partial charge in [0.1, 0.15) is 5.75 Å². The van der Waals surface area contributed by atoms with Gasteiger partial charge in [-0.15, -0.1) is 0 Å². The van der Waals surface area contributed by atoms with Crippen molar-refractivity contribution < 1.29 is 4.74 Å². The summed E-state index contributed by atoms with van der Waals surface area (Å²) in [6.07, 6.45) is 0. The number of methoxy groups -OCH3 is 1. The van der Waals surface area contributed by atoms with Gasteiger partial charge in [-0.2, -0.15) is 0 Å². The summed E-state index contributed by atoms with van der Waals surface area (Å²) in [5.74, 6) is 0.661. The van der Waals surface area contributed by atoms with Gasteiger partial charge in [0.25, 0.3) is 0 Å². The van der Waals surface area contributed by atoms with E-state index in [0.717, 1.165) is 11.0 Å². The van der Waals surface area contributed by atoms with E-state index in [0.29, 0.717) is 21.5 Å². The molecule has 0 radical (unpaired) electrons. The molecule has 0 atom stereocenters. The molecule has 0 saturated carbocycles. The van der Waals surface area contributed by atoms with Gasteiger partial charge in [-0.25, -0.2) is 0 Å². The van der Waals surface area contributed by atoms with Crippen LogP contribution >= 0.6 is 11.6 Å². The monoisotopic (exact) mass is 259 g/mol. The zero-order chi connectivity index (χ0) is 12.7. The van der Waals surface area contributed by atoms with Gasteiger partial charge in [-0.3, -0.25) is 4.79 Å². The van der Waals surface area contributed by atoms with Crippen molar-refractivity contribution in [3.63, 3.8) is 0 Å². The number of halogens is 1. The van der Waals surface area contributed by atoms with Crippen molar-refractivity contribution in [2.75, 3.05) is 7.11 Å². The number of nitrogens with one attached hydrogen (secondary N) is 1. The molecular formula is C14H10ClNO2. The molecule has 3 rings (SSSR count). The summed E-state index contributed by atoms with van der Waals surface area (Å²) < 4.78 is 5.13. The minimum absolute atomic E-state index is 0.0415. The Kier molecular flexibility index (Phi) is 2.49. The molecule has 2 aromatic carbocycles. The van der Waals surface area contributed by atoms with Crippen LogP contribution in [0, 0.1) is 0 Å². The van der Waals surface area contributed by atoms with Crippen LogP contribution in [0.25, 0.3) is 21.8 Å². The van der Waals surface area contributed by atoms with E-state index in [2.05, 4.69) is 4.98 Å². The third-order valence-electron chi connectivity index (χ3n) is 2.97. The lowest BCUT2D eigenvalue weighted by Crippen LogP contribution is -2.04. The van der Waals surface area contributed by atoms with Crippen molar-refractivity contribution in [2.45, 2.75) is 0 Å². The fourth-order valence-corrected chi connectivity index (χ4v) is 2.22. The van der Waals surface area contributed by atoms with Crippen molar-refractivity contribution in [1.29, 1.82) is 0 Å². The summed E-state index contributed by atoms with van der Waals surface area (Å²) in [4.78, 5) is 15.6. The maximum Gasteiger partial charge on any atom is 0.197 e. The summed E-state index contributed by atoms with van der Waals surface area (Å²) in [5, 5.41) is 1.74. The number of fused-ring (bicyclic) bond motifs is 2. The molecule has 0 aliphatic rings. The van der Waals surface area contributed by atoms with Crippen LogP contribution < -0.4 is 10.2 Å². The van der Waals surface area contributed by atoms with Crippen LogP contribution in [0.15, 0.2) is 41.2 Å². The van der Waals surface area contributed by atoms with Gasteiger partial charge in [0, 0.05) is 21.3 Å². The molecule has 0 bridgehead atoms. The van der Waals surface area contributed by atoms with E-state index in [1.165, 1.54) is 0 Å². The van der Waals surface area contributed by atoms with Gasteiger partial charge in [0.15, 0.2) is 5.43 Å². The van der Waals surface area contributed by atoms with E-state index in [4.69, 9.17) is 16.3 Å². The molecule has 90 valence electrons. The van der Waals surface area contributed by atoms with E-state index in [1.807, 2.05) is 18.2 Å². The van der Waals surface area contributed by atoms with Crippen LogP contribution in [-0.4, -0.2) is 12.1 Å². The smallest absolute Gasteiger partial charge is 0.197 e. The summed E-state index contributed by atoms with van der Waals surface area (Å²) >= 11 is 5.92. The van der Waals surface area contributed by atoms with Crippen molar-refractivity contribution >= 4 is 33.4 Å². The summed E-state index contributed by atoms with van der Waals surface area (Å²) in [6.45, 7) is 0. The highest BCUT2D eigenvalue weighted by atomic mass is 35.5. The molecule has 1 heterocycles. The Morgan fingerprint density at radius 2 is 1.72 bits per heavy atom. The number of aromatic nitrogens is 1. The number of rotatable bonds is 1. The number of H-pyrrole nitrogens is 1. The summed E-state index contributed by atoms with van der Waals surface area (Å²) in [5.41, 5.74) is 1.53. The minimum Gasteiger partial charge on any atom is -0.497 e. The highest BCUT2D eigenvalue weighted by Crippen LogP contribution is 2.21. The number of benzene rings is 2. The zero-order valence-corrected chi connectivity index (χ0v) is 10.4. The van der Waals surface area contributed by atoms with Gasteiger partial charge < -0.3 is 9.72 Å². The van der Waals surface area contributed by atoms with E-state index in [1.54, 1.807) is 25.3 Å². The predicted molar refractivity (Wildman–Crippen MR) is 73.6 cm³/mol. The normalized spacial score (nSPS) is 11.0. The molecule has 0 aliphatic carbocycles. The number of ether oxygens (including phenoxy) is 1. The topological polar surface area (TPSA) is 42.1 Å². The molecule has 0 fully saturated rings. The van der Waals surface area contributed by atoms with Gasteiger partial charge in [0.2, 0.25) is 0 Å². The van der Waals surface area contributed by atoms with Crippen LogP contribution in [-0.2, 0) is 0 Å². The summed E-state index contributed by atoms with van der Waals surface area (Å²) in [7, 11) is 1.58.